The Labute approximate surface area is 181 Å². The van der Waals surface area contributed by atoms with Crippen LogP contribution in [0, 0.1) is 0 Å². The van der Waals surface area contributed by atoms with Crippen molar-refractivity contribution in [2.75, 3.05) is 0 Å². The van der Waals surface area contributed by atoms with E-state index >= 15 is 0 Å². The Morgan fingerprint density at radius 1 is 0.677 bits per heavy atom. The number of benzene rings is 2. The van der Waals surface area contributed by atoms with Gasteiger partial charge in [-0.2, -0.15) is 0 Å². The maximum atomic E-state index is 13.0. The lowest BCUT2D eigenvalue weighted by molar-refractivity contribution is -0.122. The number of nitrogens with zero attached hydrogens (tertiary/aromatic N) is 2. The molecule has 0 unspecified atom stereocenters. The minimum atomic E-state index is -0.327. The molecule has 5 heteroatoms. The third kappa shape index (κ3) is 3.00. The van der Waals surface area contributed by atoms with Crippen molar-refractivity contribution in [3.63, 3.8) is 0 Å². The smallest absolute Gasteiger partial charge is 0.259 e. The van der Waals surface area contributed by atoms with Gasteiger partial charge in [0, 0.05) is 58.4 Å². The van der Waals surface area contributed by atoms with Crippen molar-refractivity contribution >= 4 is 44.8 Å². The average molecular weight is 412 g/mol. The van der Waals surface area contributed by atoms with Crippen molar-refractivity contribution in [3.8, 4) is 0 Å². The van der Waals surface area contributed by atoms with E-state index in [2.05, 4.69) is 40.4 Å². The van der Waals surface area contributed by atoms with Crippen LogP contribution in [0.5, 0.6) is 0 Å². The molecule has 31 heavy (non-hydrogen) atoms. The lowest BCUT2D eigenvalue weighted by Crippen LogP contribution is -2.22. The Balaban J connectivity index is 1.82. The number of hydrogen-bond acceptors (Lipinski definition) is 2. The summed E-state index contributed by atoms with van der Waals surface area (Å²) in [6.45, 7) is 5.98. The van der Waals surface area contributed by atoms with Gasteiger partial charge in [0.1, 0.15) is 0 Å². The monoisotopic (exact) mass is 411 g/mol. The molecule has 2 aromatic carbocycles. The number of hydrogen-bond donors (Lipinski definition) is 1. The zero-order valence-corrected chi connectivity index (χ0v) is 17.8. The minimum Gasteiger partial charge on any atom is -0.347 e. The van der Waals surface area contributed by atoms with Crippen molar-refractivity contribution in [2.24, 2.45) is 0 Å². The van der Waals surface area contributed by atoms with E-state index in [1.54, 1.807) is 0 Å². The second-order valence-corrected chi connectivity index (χ2v) is 8.04. The summed E-state index contributed by atoms with van der Waals surface area (Å²) in [6.07, 6.45) is 6.01. The molecule has 0 saturated carbocycles. The van der Waals surface area contributed by atoms with E-state index < -0.39 is 0 Å². The summed E-state index contributed by atoms with van der Waals surface area (Å²) < 4.78 is 4.34. The molecule has 1 aliphatic rings. The van der Waals surface area contributed by atoms with E-state index in [0.717, 1.165) is 58.9 Å². The fourth-order valence-corrected chi connectivity index (χ4v) is 4.71. The summed E-state index contributed by atoms with van der Waals surface area (Å²) >= 11 is 0. The third-order valence-corrected chi connectivity index (χ3v) is 5.98. The largest absolute Gasteiger partial charge is 0.347 e. The SMILES string of the molecule is CCCn1cc(C2=C(c3cn(CCC)c4ccccc34)C(=O)NC2=O)c2ccccc21. The van der Waals surface area contributed by atoms with Crippen LogP contribution in [0.2, 0.25) is 0 Å². The Bertz CT molecular complexity index is 1270. The molecule has 0 spiro atoms. The van der Waals surface area contributed by atoms with E-state index in [1.165, 1.54) is 0 Å². The quantitative estimate of drug-likeness (QED) is 0.455. The van der Waals surface area contributed by atoms with Gasteiger partial charge in [-0.3, -0.25) is 14.9 Å². The number of carbonyl (C=O) groups is 2. The molecule has 0 radical (unpaired) electrons. The maximum absolute atomic E-state index is 13.0. The summed E-state index contributed by atoms with van der Waals surface area (Å²) in [5, 5.41) is 4.54. The lowest BCUT2D eigenvalue weighted by atomic mass is 9.95. The fraction of sp³-hybridized carbons (Fsp3) is 0.231. The molecular formula is C26H25N3O2. The molecule has 1 N–H and O–H groups in total. The van der Waals surface area contributed by atoms with Gasteiger partial charge in [-0.1, -0.05) is 50.2 Å². The van der Waals surface area contributed by atoms with Gasteiger partial charge in [-0.25, -0.2) is 0 Å². The zero-order chi connectivity index (χ0) is 21.5. The van der Waals surface area contributed by atoms with Crippen LogP contribution in [0.1, 0.15) is 37.8 Å². The number of nitrogens with one attached hydrogen (secondary N) is 1. The van der Waals surface area contributed by atoms with Crippen molar-refractivity contribution < 1.29 is 9.59 Å². The van der Waals surface area contributed by atoms with Crippen molar-refractivity contribution in [1.29, 1.82) is 0 Å². The van der Waals surface area contributed by atoms with Crippen LogP contribution in [0.3, 0.4) is 0 Å². The highest BCUT2D eigenvalue weighted by Gasteiger charge is 2.35. The second kappa shape index (κ2) is 7.58. The molecule has 5 nitrogen and oxygen atoms in total. The number of aryl methyl sites for hydroxylation is 2. The van der Waals surface area contributed by atoms with Crippen LogP contribution < -0.4 is 5.32 Å². The van der Waals surface area contributed by atoms with Crippen molar-refractivity contribution in [1.82, 2.24) is 14.5 Å². The molecule has 0 atom stereocenters. The van der Waals surface area contributed by atoms with Gasteiger partial charge >= 0.3 is 0 Å². The highest BCUT2D eigenvalue weighted by Crippen LogP contribution is 2.39. The molecule has 0 saturated heterocycles. The molecule has 2 amide bonds. The first kappa shape index (κ1) is 19.4. The molecule has 156 valence electrons. The fourth-order valence-electron chi connectivity index (χ4n) is 4.71. The number of carbonyl (C=O) groups excluding carboxylic acids is 2. The second-order valence-electron chi connectivity index (χ2n) is 8.04. The van der Waals surface area contributed by atoms with Crippen molar-refractivity contribution in [2.45, 2.75) is 39.8 Å². The maximum Gasteiger partial charge on any atom is 0.259 e. The van der Waals surface area contributed by atoms with E-state index in [4.69, 9.17) is 0 Å². The lowest BCUT2D eigenvalue weighted by Gasteiger charge is -2.03. The first-order chi connectivity index (χ1) is 15.1. The number of fused-ring (bicyclic) bond motifs is 2. The van der Waals surface area contributed by atoms with Gasteiger partial charge in [0.2, 0.25) is 0 Å². The van der Waals surface area contributed by atoms with Crippen LogP contribution in [-0.4, -0.2) is 20.9 Å². The van der Waals surface area contributed by atoms with Crippen LogP contribution in [0.4, 0.5) is 0 Å². The zero-order valence-electron chi connectivity index (χ0n) is 17.8. The van der Waals surface area contributed by atoms with Gasteiger partial charge in [0.25, 0.3) is 11.8 Å². The molecule has 4 aromatic rings. The molecule has 2 aromatic heterocycles. The Hall–Kier alpha value is -3.60. The van der Waals surface area contributed by atoms with Gasteiger partial charge in [-0.05, 0) is 25.0 Å². The standard InChI is InChI=1S/C26H25N3O2/c1-3-13-28-15-19(17-9-5-7-11-21(17)28)23-24(26(31)27-25(23)30)20-16-29(14-4-2)22-12-8-6-10-18(20)22/h5-12,15-16H,3-4,13-14H2,1-2H3,(H,27,30,31). The third-order valence-electron chi connectivity index (χ3n) is 5.98. The highest BCUT2D eigenvalue weighted by molar-refractivity contribution is 6.50. The molecule has 0 aliphatic carbocycles. The van der Waals surface area contributed by atoms with Crippen LogP contribution >= 0.6 is 0 Å². The number of aromatic nitrogens is 2. The first-order valence-electron chi connectivity index (χ1n) is 10.9. The first-order valence-corrected chi connectivity index (χ1v) is 10.9. The Morgan fingerprint density at radius 2 is 1.10 bits per heavy atom. The Morgan fingerprint density at radius 3 is 1.52 bits per heavy atom. The minimum absolute atomic E-state index is 0.327. The van der Waals surface area contributed by atoms with Gasteiger partial charge in [-0.15, -0.1) is 0 Å². The normalized spacial score (nSPS) is 14.3. The van der Waals surface area contributed by atoms with E-state index in [9.17, 15) is 9.59 Å². The van der Waals surface area contributed by atoms with E-state index in [0.29, 0.717) is 11.1 Å². The number of para-hydroxylation sites is 2. The van der Waals surface area contributed by atoms with E-state index in [-0.39, 0.29) is 11.8 Å². The number of rotatable bonds is 6. The summed E-state index contributed by atoms with van der Waals surface area (Å²) in [4.78, 5) is 26.1. The van der Waals surface area contributed by atoms with Gasteiger partial charge in [0.15, 0.2) is 0 Å². The Kier molecular flexibility index (Phi) is 4.74. The summed E-state index contributed by atoms with van der Waals surface area (Å²) in [5.41, 5.74) is 4.72. The average Bonchev–Trinajstić information content (AvgIpc) is 3.40. The van der Waals surface area contributed by atoms with Crippen LogP contribution in [0.25, 0.3) is 33.0 Å². The molecule has 5 rings (SSSR count). The summed E-state index contributed by atoms with van der Waals surface area (Å²) in [6, 6.07) is 16.1. The van der Waals surface area contributed by atoms with E-state index in [1.807, 2.05) is 48.8 Å². The van der Waals surface area contributed by atoms with Crippen LogP contribution in [0.15, 0.2) is 60.9 Å². The van der Waals surface area contributed by atoms with Gasteiger partial charge in [0.05, 0.1) is 11.1 Å². The topological polar surface area (TPSA) is 56.0 Å². The summed E-state index contributed by atoms with van der Waals surface area (Å²) in [5.74, 6) is -0.654. The number of amides is 2. The number of imide groups is 1. The summed E-state index contributed by atoms with van der Waals surface area (Å²) in [7, 11) is 0. The predicted molar refractivity (Wildman–Crippen MR) is 124 cm³/mol. The van der Waals surface area contributed by atoms with Gasteiger partial charge < -0.3 is 9.13 Å². The molecule has 0 bridgehead atoms. The molecule has 1 aliphatic heterocycles. The molecular weight excluding hydrogens is 386 g/mol. The highest BCUT2D eigenvalue weighted by atomic mass is 16.2. The molecule has 3 heterocycles. The van der Waals surface area contributed by atoms with Crippen LogP contribution in [-0.2, 0) is 22.7 Å². The molecule has 0 fully saturated rings. The predicted octanol–water partition coefficient (Wildman–Crippen LogP) is 4.98. The van der Waals surface area contributed by atoms with Crippen molar-refractivity contribution in [3.05, 3.63) is 72.1 Å².